The zero-order valence-corrected chi connectivity index (χ0v) is 14.5. The molecule has 0 amide bonds. The fourth-order valence-corrected chi connectivity index (χ4v) is 4.94. The number of piperidine rings is 1. The number of nitrogens with zero attached hydrogens (tertiary/aromatic N) is 1. The van der Waals surface area contributed by atoms with Crippen LogP contribution < -0.4 is 5.32 Å². The molecule has 2 fully saturated rings. The Kier molecular flexibility index (Phi) is 6.51. The van der Waals surface area contributed by atoms with Gasteiger partial charge in [0, 0.05) is 19.1 Å². The summed E-state index contributed by atoms with van der Waals surface area (Å²) in [6.45, 7) is 4.65. The number of rotatable bonds is 6. The summed E-state index contributed by atoms with van der Waals surface area (Å²) in [5, 5.41) is 3.76. The SMILES string of the molecule is CCC(NCC1CCCN(S(C)(=O)=O)C1)C1CCCCC1. The van der Waals surface area contributed by atoms with Crippen molar-refractivity contribution in [1.82, 2.24) is 9.62 Å². The van der Waals surface area contributed by atoms with Crippen LogP contribution in [0.5, 0.6) is 0 Å². The molecule has 124 valence electrons. The normalized spacial score (nSPS) is 27.6. The molecule has 1 saturated carbocycles. The minimum absolute atomic E-state index is 0.478. The molecule has 2 atom stereocenters. The molecule has 21 heavy (non-hydrogen) atoms. The molecule has 2 unspecified atom stereocenters. The smallest absolute Gasteiger partial charge is 0.211 e. The van der Waals surface area contributed by atoms with Gasteiger partial charge in [0.15, 0.2) is 0 Å². The lowest BCUT2D eigenvalue weighted by Gasteiger charge is -2.34. The molecule has 1 saturated heterocycles. The highest BCUT2D eigenvalue weighted by Crippen LogP contribution is 2.28. The van der Waals surface area contributed by atoms with Gasteiger partial charge in [-0.05, 0) is 50.5 Å². The van der Waals surface area contributed by atoms with Gasteiger partial charge in [0.1, 0.15) is 0 Å². The standard InChI is InChI=1S/C16H32N2O2S/c1-3-16(15-9-5-4-6-10-15)17-12-14-8-7-11-18(13-14)21(2,19)20/h14-17H,3-13H2,1-2H3. The van der Waals surface area contributed by atoms with Crippen LogP contribution in [0.25, 0.3) is 0 Å². The van der Waals surface area contributed by atoms with Gasteiger partial charge in [-0.25, -0.2) is 12.7 Å². The van der Waals surface area contributed by atoms with Crippen molar-refractivity contribution in [3.05, 3.63) is 0 Å². The molecule has 2 aliphatic rings. The lowest BCUT2D eigenvalue weighted by molar-refractivity contribution is 0.222. The van der Waals surface area contributed by atoms with Crippen molar-refractivity contribution in [3.8, 4) is 0 Å². The van der Waals surface area contributed by atoms with Gasteiger partial charge in [-0.3, -0.25) is 0 Å². The molecule has 0 aromatic rings. The lowest BCUT2D eigenvalue weighted by Crippen LogP contribution is -2.45. The second-order valence-electron chi connectivity index (χ2n) is 6.95. The lowest BCUT2D eigenvalue weighted by atomic mass is 9.82. The van der Waals surface area contributed by atoms with Crippen LogP contribution in [0.1, 0.15) is 58.3 Å². The summed E-state index contributed by atoms with van der Waals surface area (Å²) in [4.78, 5) is 0. The van der Waals surface area contributed by atoms with E-state index in [0.717, 1.165) is 25.3 Å². The van der Waals surface area contributed by atoms with Crippen molar-refractivity contribution in [3.63, 3.8) is 0 Å². The van der Waals surface area contributed by atoms with Gasteiger partial charge in [0.05, 0.1) is 6.26 Å². The first-order valence-corrected chi connectivity index (χ1v) is 10.5. The molecule has 0 spiro atoms. The molecule has 4 nitrogen and oxygen atoms in total. The third kappa shape index (κ3) is 5.22. The Balaban J connectivity index is 1.80. The third-order valence-corrected chi connectivity index (χ3v) is 6.55. The second-order valence-corrected chi connectivity index (χ2v) is 8.93. The zero-order valence-electron chi connectivity index (χ0n) is 13.7. The zero-order chi connectivity index (χ0) is 15.3. The molecule has 0 radical (unpaired) electrons. The molecular formula is C16H32N2O2S. The maximum atomic E-state index is 11.7. The van der Waals surface area contributed by atoms with Crippen molar-refractivity contribution >= 4 is 10.0 Å². The minimum atomic E-state index is -3.02. The van der Waals surface area contributed by atoms with Crippen molar-refractivity contribution < 1.29 is 8.42 Å². The summed E-state index contributed by atoms with van der Waals surface area (Å²) < 4.78 is 25.0. The van der Waals surface area contributed by atoms with Crippen molar-refractivity contribution in [1.29, 1.82) is 0 Å². The largest absolute Gasteiger partial charge is 0.313 e. The highest BCUT2D eigenvalue weighted by atomic mass is 32.2. The van der Waals surface area contributed by atoms with Crippen molar-refractivity contribution in [2.75, 3.05) is 25.9 Å². The fraction of sp³-hybridized carbons (Fsp3) is 1.00. The average molecular weight is 317 g/mol. The van der Waals surface area contributed by atoms with Crippen LogP contribution >= 0.6 is 0 Å². The summed E-state index contributed by atoms with van der Waals surface area (Å²) in [7, 11) is -3.02. The van der Waals surface area contributed by atoms with E-state index in [1.165, 1.54) is 44.8 Å². The summed E-state index contributed by atoms with van der Waals surface area (Å²) in [5.74, 6) is 1.31. The fourth-order valence-electron chi connectivity index (χ4n) is 3.99. The van der Waals surface area contributed by atoms with Crippen LogP contribution in [0.2, 0.25) is 0 Å². The van der Waals surface area contributed by atoms with E-state index < -0.39 is 10.0 Å². The van der Waals surface area contributed by atoms with Crippen LogP contribution in [-0.4, -0.2) is 44.7 Å². The highest BCUT2D eigenvalue weighted by Gasteiger charge is 2.27. The van der Waals surface area contributed by atoms with E-state index in [2.05, 4.69) is 12.2 Å². The summed E-state index contributed by atoms with van der Waals surface area (Å²) in [6.07, 6.45) is 11.6. The number of hydrogen-bond donors (Lipinski definition) is 1. The maximum absolute atomic E-state index is 11.7. The molecular weight excluding hydrogens is 284 g/mol. The Morgan fingerprint density at radius 2 is 1.86 bits per heavy atom. The van der Waals surface area contributed by atoms with E-state index in [9.17, 15) is 8.42 Å². The molecule has 1 aliphatic carbocycles. The Bertz CT molecular complexity index is 405. The minimum Gasteiger partial charge on any atom is -0.313 e. The van der Waals surface area contributed by atoms with Crippen LogP contribution in [0, 0.1) is 11.8 Å². The van der Waals surface area contributed by atoms with Gasteiger partial charge in [-0.2, -0.15) is 0 Å². The summed E-state index contributed by atoms with van der Waals surface area (Å²) >= 11 is 0. The number of hydrogen-bond acceptors (Lipinski definition) is 3. The van der Waals surface area contributed by atoms with E-state index >= 15 is 0 Å². The van der Waals surface area contributed by atoms with E-state index in [4.69, 9.17) is 0 Å². The molecule has 0 aromatic carbocycles. The van der Waals surface area contributed by atoms with Crippen LogP contribution in [-0.2, 0) is 10.0 Å². The first kappa shape index (κ1) is 17.2. The molecule has 5 heteroatoms. The van der Waals surface area contributed by atoms with Crippen LogP contribution in [0.3, 0.4) is 0 Å². The molecule has 1 heterocycles. The first-order valence-electron chi connectivity index (χ1n) is 8.69. The Morgan fingerprint density at radius 3 is 2.48 bits per heavy atom. The second kappa shape index (κ2) is 7.93. The van der Waals surface area contributed by atoms with Crippen LogP contribution in [0.15, 0.2) is 0 Å². The molecule has 2 rings (SSSR count). The predicted octanol–water partition coefficient (Wildman–Crippen LogP) is 2.61. The predicted molar refractivity (Wildman–Crippen MR) is 87.8 cm³/mol. The molecule has 0 bridgehead atoms. The first-order chi connectivity index (χ1) is 10.0. The van der Waals surface area contributed by atoms with E-state index in [-0.39, 0.29) is 0 Å². The van der Waals surface area contributed by atoms with Gasteiger partial charge in [0.25, 0.3) is 0 Å². The van der Waals surface area contributed by atoms with Gasteiger partial charge < -0.3 is 5.32 Å². The summed E-state index contributed by atoms with van der Waals surface area (Å²) in [6, 6.07) is 0.624. The van der Waals surface area contributed by atoms with E-state index in [1.807, 2.05) is 0 Å². The molecule has 1 aliphatic heterocycles. The molecule has 1 N–H and O–H groups in total. The van der Waals surface area contributed by atoms with E-state index in [0.29, 0.717) is 25.0 Å². The van der Waals surface area contributed by atoms with Gasteiger partial charge in [0.2, 0.25) is 10.0 Å². The van der Waals surface area contributed by atoms with E-state index in [1.54, 1.807) is 4.31 Å². The number of nitrogens with one attached hydrogen (secondary N) is 1. The maximum Gasteiger partial charge on any atom is 0.211 e. The average Bonchev–Trinajstić information content (AvgIpc) is 2.48. The Morgan fingerprint density at radius 1 is 1.14 bits per heavy atom. The van der Waals surface area contributed by atoms with Crippen molar-refractivity contribution in [2.45, 2.75) is 64.3 Å². The Labute approximate surface area is 130 Å². The van der Waals surface area contributed by atoms with Gasteiger partial charge in [-0.1, -0.05) is 26.2 Å². The topological polar surface area (TPSA) is 49.4 Å². The van der Waals surface area contributed by atoms with Gasteiger partial charge in [-0.15, -0.1) is 0 Å². The highest BCUT2D eigenvalue weighted by molar-refractivity contribution is 7.88. The Hall–Kier alpha value is -0.130. The molecule has 0 aromatic heterocycles. The number of sulfonamides is 1. The van der Waals surface area contributed by atoms with Crippen LogP contribution in [0.4, 0.5) is 0 Å². The third-order valence-electron chi connectivity index (χ3n) is 5.28. The quantitative estimate of drug-likeness (QED) is 0.819. The monoisotopic (exact) mass is 316 g/mol. The van der Waals surface area contributed by atoms with Gasteiger partial charge >= 0.3 is 0 Å². The van der Waals surface area contributed by atoms with Crippen molar-refractivity contribution in [2.24, 2.45) is 11.8 Å². The summed E-state index contributed by atoms with van der Waals surface area (Å²) in [5.41, 5.74) is 0.